The van der Waals surface area contributed by atoms with Gasteiger partial charge in [0, 0.05) is 41.8 Å². The topological polar surface area (TPSA) is 90.0 Å². The number of hydrogen-bond donors (Lipinski definition) is 1. The predicted octanol–water partition coefficient (Wildman–Crippen LogP) is 4.56. The Kier molecular flexibility index (Phi) is 5.53. The molecule has 0 unspecified atom stereocenters. The maximum Gasteiger partial charge on any atom is 0.336 e. The molecule has 1 N–H and O–H groups in total. The van der Waals surface area contributed by atoms with E-state index in [1.165, 1.54) is 18.6 Å². The number of hydrogen-bond acceptors (Lipinski definition) is 6. The SMILES string of the molecule is CC(=O)Nc1ccc2c(CSc3nnc(C4CC4)n3Cc3ccccc3)cc(=O)oc2c1. The zero-order valence-corrected chi connectivity index (χ0v) is 18.4. The van der Waals surface area contributed by atoms with Crippen LogP contribution in [0, 0.1) is 0 Å². The first kappa shape index (κ1) is 20.5. The lowest BCUT2D eigenvalue weighted by Gasteiger charge is -2.11. The molecular weight excluding hydrogens is 424 g/mol. The number of amides is 1. The van der Waals surface area contributed by atoms with Gasteiger partial charge in [0.15, 0.2) is 5.16 Å². The zero-order valence-electron chi connectivity index (χ0n) is 17.6. The second-order valence-electron chi connectivity index (χ2n) is 7.96. The Labute approximate surface area is 188 Å². The summed E-state index contributed by atoms with van der Waals surface area (Å²) in [5.41, 5.74) is 2.68. The fourth-order valence-corrected chi connectivity index (χ4v) is 4.67. The molecule has 4 aromatic rings. The number of nitrogens with one attached hydrogen (secondary N) is 1. The van der Waals surface area contributed by atoms with Crippen molar-refractivity contribution in [3.63, 3.8) is 0 Å². The minimum absolute atomic E-state index is 0.178. The Bertz CT molecular complexity index is 1340. The van der Waals surface area contributed by atoms with Crippen molar-refractivity contribution in [2.75, 3.05) is 5.32 Å². The van der Waals surface area contributed by atoms with Crippen molar-refractivity contribution < 1.29 is 9.21 Å². The highest BCUT2D eigenvalue weighted by Crippen LogP contribution is 2.40. The van der Waals surface area contributed by atoms with Crippen LogP contribution in [0.4, 0.5) is 5.69 Å². The molecule has 2 heterocycles. The van der Waals surface area contributed by atoms with Gasteiger partial charge in [0.2, 0.25) is 5.91 Å². The van der Waals surface area contributed by atoms with Gasteiger partial charge in [-0.05, 0) is 36.1 Å². The van der Waals surface area contributed by atoms with Crippen molar-refractivity contribution in [3.05, 3.63) is 82.0 Å². The minimum Gasteiger partial charge on any atom is -0.423 e. The van der Waals surface area contributed by atoms with Gasteiger partial charge >= 0.3 is 5.63 Å². The Morgan fingerprint density at radius 2 is 1.97 bits per heavy atom. The highest BCUT2D eigenvalue weighted by molar-refractivity contribution is 7.98. The fourth-order valence-electron chi connectivity index (χ4n) is 3.74. The Hall–Kier alpha value is -3.39. The summed E-state index contributed by atoms with van der Waals surface area (Å²) >= 11 is 1.56. The van der Waals surface area contributed by atoms with E-state index >= 15 is 0 Å². The Morgan fingerprint density at radius 1 is 1.16 bits per heavy atom. The van der Waals surface area contributed by atoms with Gasteiger partial charge in [-0.1, -0.05) is 42.1 Å². The summed E-state index contributed by atoms with van der Waals surface area (Å²) < 4.78 is 7.57. The summed E-state index contributed by atoms with van der Waals surface area (Å²) in [6.45, 7) is 2.16. The second-order valence-corrected chi connectivity index (χ2v) is 8.90. The van der Waals surface area contributed by atoms with Gasteiger partial charge in [-0.15, -0.1) is 10.2 Å². The van der Waals surface area contributed by atoms with Crippen LogP contribution in [0.1, 0.15) is 42.6 Å². The number of nitrogens with zero attached hydrogens (tertiary/aromatic N) is 3. The third-order valence-electron chi connectivity index (χ3n) is 5.38. The van der Waals surface area contributed by atoms with Gasteiger partial charge < -0.3 is 14.3 Å². The van der Waals surface area contributed by atoms with Crippen molar-refractivity contribution >= 4 is 34.3 Å². The molecular formula is C24H22N4O3S. The van der Waals surface area contributed by atoms with Crippen molar-refractivity contribution in [3.8, 4) is 0 Å². The molecule has 8 heteroatoms. The molecule has 0 aliphatic heterocycles. The molecule has 2 aromatic carbocycles. The molecule has 162 valence electrons. The second kappa shape index (κ2) is 8.63. The molecule has 0 bridgehead atoms. The number of aromatic nitrogens is 3. The Balaban J connectivity index is 1.43. The van der Waals surface area contributed by atoms with Crippen LogP contribution in [0.5, 0.6) is 0 Å². The van der Waals surface area contributed by atoms with E-state index in [4.69, 9.17) is 4.42 Å². The number of anilines is 1. The lowest BCUT2D eigenvalue weighted by molar-refractivity contribution is -0.114. The normalized spacial score (nSPS) is 13.4. The van der Waals surface area contributed by atoms with Crippen molar-refractivity contribution in [1.29, 1.82) is 0 Å². The third kappa shape index (κ3) is 4.45. The summed E-state index contributed by atoms with van der Waals surface area (Å²) in [5, 5.41) is 13.3. The highest BCUT2D eigenvalue weighted by Gasteiger charge is 2.30. The van der Waals surface area contributed by atoms with E-state index in [2.05, 4.69) is 32.2 Å². The van der Waals surface area contributed by atoms with Crippen molar-refractivity contribution in [1.82, 2.24) is 14.8 Å². The molecule has 0 spiro atoms. The summed E-state index contributed by atoms with van der Waals surface area (Å²) in [5.74, 6) is 1.90. The van der Waals surface area contributed by atoms with Crippen molar-refractivity contribution in [2.24, 2.45) is 0 Å². The van der Waals surface area contributed by atoms with E-state index in [0.29, 0.717) is 22.9 Å². The molecule has 5 rings (SSSR count). The van der Waals surface area contributed by atoms with E-state index in [-0.39, 0.29) is 5.91 Å². The van der Waals surface area contributed by atoms with Gasteiger partial charge in [-0.2, -0.15) is 0 Å². The quantitative estimate of drug-likeness (QED) is 0.331. The van der Waals surface area contributed by atoms with E-state index in [0.717, 1.165) is 41.3 Å². The average Bonchev–Trinajstić information content (AvgIpc) is 3.53. The molecule has 1 aliphatic carbocycles. The van der Waals surface area contributed by atoms with E-state index in [9.17, 15) is 9.59 Å². The predicted molar refractivity (Wildman–Crippen MR) is 124 cm³/mol. The fraction of sp³-hybridized carbons (Fsp3) is 0.250. The molecule has 0 radical (unpaired) electrons. The monoisotopic (exact) mass is 446 g/mol. The number of fused-ring (bicyclic) bond motifs is 1. The first-order valence-electron chi connectivity index (χ1n) is 10.5. The van der Waals surface area contributed by atoms with Crippen LogP contribution in [0.2, 0.25) is 0 Å². The molecule has 7 nitrogen and oxygen atoms in total. The first-order valence-corrected chi connectivity index (χ1v) is 11.5. The summed E-state index contributed by atoms with van der Waals surface area (Å²) in [7, 11) is 0. The molecule has 1 fully saturated rings. The van der Waals surface area contributed by atoms with Gasteiger partial charge in [-0.25, -0.2) is 4.79 Å². The van der Waals surface area contributed by atoms with Gasteiger partial charge in [0.25, 0.3) is 0 Å². The summed E-state index contributed by atoms with van der Waals surface area (Å²) in [6, 6.07) is 17.2. The molecule has 2 aromatic heterocycles. The van der Waals surface area contributed by atoms with Crippen LogP contribution < -0.4 is 10.9 Å². The standard InChI is InChI=1S/C24H22N4O3S/c1-15(29)25-19-9-10-20-18(11-22(30)31-21(20)12-19)14-32-24-27-26-23(17-7-8-17)28(24)13-16-5-3-2-4-6-16/h2-6,9-12,17H,7-8,13-14H2,1H3,(H,25,29). The molecule has 1 saturated carbocycles. The lowest BCUT2D eigenvalue weighted by Crippen LogP contribution is -2.07. The van der Waals surface area contributed by atoms with Crippen LogP contribution in [0.3, 0.4) is 0 Å². The molecule has 32 heavy (non-hydrogen) atoms. The lowest BCUT2D eigenvalue weighted by atomic mass is 10.1. The number of carbonyl (C=O) groups is 1. The van der Waals surface area contributed by atoms with E-state index in [1.54, 1.807) is 23.9 Å². The van der Waals surface area contributed by atoms with Gasteiger partial charge in [-0.3, -0.25) is 4.79 Å². The largest absolute Gasteiger partial charge is 0.423 e. The van der Waals surface area contributed by atoms with Crippen LogP contribution >= 0.6 is 11.8 Å². The van der Waals surface area contributed by atoms with Crippen LogP contribution in [-0.2, 0) is 17.1 Å². The van der Waals surface area contributed by atoms with Crippen LogP contribution in [0.15, 0.2) is 69.0 Å². The number of carbonyl (C=O) groups excluding carboxylic acids is 1. The van der Waals surface area contributed by atoms with Crippen molar-refractivity contribution in [2.45, 2.75) is 43.1 Å². The molecule has 0 saturated heterocycles. The maximum atomic E-state index is 12.2. The minimum atomic E-state index is -0.419. The van der Waals surface area contributed by atoms with Gasteiger partial charge in [0.05, 0.1) is 6.54 Å². The van der Waals surface area contributed by atoms with E-state index in [1.807, 2.05) is 24.3 Å². The average molecular weight is 447 g/mol. The highest BCUT2D eigenvalue weighted by atomic mass is 32.2. The first-order chi connectivity index (χ1) is 15.6. The summed E-state index contributed by atoms with van der Waals surface area (Å²) in [6.07, 6.45) is 2.30. The Morgan fingerprint density at radius 3 is 2.72 bits per heavy atom. The maximum absolute atomic E-state index is 12.2. The third-order valence-corrected chi connectivity index (χ3v) is 6.39. The van der Waals surface area contributed by atoms with Crippen LogP contribution in [0.25, 0.3) is 11.0 Å². The molecule has 1 aliphatic rings. The van der Waals surface area contributed by atoms with E-state index < -0.39 is 5.63 Å². The molecule has 1 amide bonds. The number of thioether (sulfide) groups is 1. The van der Waals surface area contributed by atoms with Gasteiger partial charge in [0.1, 0.15) is 11.4 Å². The number of benzene rings is 2. The summed E-state index contributed by atoms with van der Waals surface area (Å²) in [4.78, 5) is 23.5. The van der Waals surface area contributed by atoms with Crippen LogP contribution in [-0.4, -0.2) is 20.7 Å². The number of rotatable bonds is 7. The molecule has 0 atom stereocenters. The zero-order chi connectivity index (χ0) is 22.1. The smallest absolute Gasteiger partial charge is 0.336 e.